The topological polar surface area (TPSA) is 74.2 Å². The van der Waals surface area contributed by atoms with Crippen molar-refractivity contribution in [3.63, 3.8) is 0 Å². The number of carbonyl (C=O) groups is 1. The molecule has 1 saturated heterocycles. The van der Waals surface area contributed by atoms with E-state index < -0.39 is 24.3 Å². The van der Waals surface area contributed by atoms with Crippen molar-refractivity contribution in [2.24, 2.45) is 0 Å². The summed E-state index contributed by atoms with van der Waals surface area (Å²) in [6.45, 7) is 10.4. The summed E-state index contributed by atoms with van der Waals surface area (Å²) < 4.78 is 23.2. The number of aliphatic carboxylic acids is 1. The van der Waals surface area contributed by atoms with Gasteiger partial charge in [0.2, 0.25) is 0 Å². The summed E-state index contributed by atoms with van der Waals surface area (Å²) in [6, 6.07) is 5.45. The standard InChI is InChI=1S/C17H25BO6/c1-6-21-13-8-7-12(11-14(13)22-10-9-15(19)20)18-23-16(2,3)17(4,5)24-18/h7-8,11H,6,9-10H2,1-5H3,(H,19,20). The Morgan fingerprint density at radius 2 is 1.75 bits per heavy atom. The average Bonchev–Trinajstić information content (AvgIpc) is 2.69. The van der Waals surface area contributed by atoms with E-state index in [1.165, 1.54) is 0 Å². The zero-order chi connectivity index (χ0) is 18.0. The minimum absolute atomic E-state index is 0.0717. The van der Waals surface area contributed by atoms with Crippen LogP contribution < -0.4 is 14.9 Å². The molecule has 6 nitrogen and oxygen atoms in total. The number of carboxylic acid groups (broad SMARTS) is 1. The van der Waals surface area contributed by atoms with Gasteiger partial charge in [-0.3, -0.25) is 4.79 Å². The van der Waals surface area contributed by atoms with E-state index in [9.17, 15) is 4.79 Å². The van der Waals surface area contributed by atoms with Crippen LogP contribution in [-0.4, -0.2) is 42.6 Å². The molecule has 0 aliphatic carbocycles. The Bertz CT molecular complexity index is 583. The molecule has 0 atom stereocenters. The predicted molar refractivity (Wildman–Crippen MR) is 91.1 cm³/mol. The van der Waals surface area contributed by atoms with E-state index in [-0.39, 0.29) is 13.0 Å². The van der Waals surface area contributed by atoms with Gasteiger partial charge in [0.25, 0.3) is 0 Å². The van der Waals surface area contributed by atoms with Gasteiger partial charge in [0.1, 0.15) is 0 Å². The summed E-state index contributed by atoms with van der Waals surface area (Å²) in [6.07, 6.45) is -0.0771. The lowest BCUT2D eigenvalue weighted by molar-refractivity contribution is -0.137. The highest BCUT2D eigenvalue weighted by Crippen LogP contribution is 2.37. The van der Waals surface area contributed by atoms with Crippen LogP contribution in [-0.2, 0) is 14.1 Å². The highest BCUT2D eigenvalue weighted by atomic mass is 16.7. The van der Waals surface area contributed by atoms with Crippen molar-refractivity contribution >= 4 is 18.6 Å². The van der Waals surface area contributed by atoms with E-state index in [2.05, 4.69) is 0 Å². The zero-order valence-electron chi connectivity index (χ0n) is 14.9. The van der Waals surface area contributed by atoms with Crippen LogP contribution in [0.15, 0.2) is 18.2 Å². The van der Waals surface area contributed by atoms with Crippen LogP contribution in [0.4, 0.5) is 0 Å². The van der Waals surface area contributed by atoms with Gasteiger partial charge in [-0.25, -0.2) is 0 Å². The second-order valence-electron chi connectivity index (χ2n) is 6.72. The summed E-state index contributed by atoms with van der Waals surface area (Å²) in [5, 5.41) is 8.76. The van der Waals surface area contributed by atoms with Gasteiger partial charge in [-0.1, -0.05) is 6.07 Å². The fourth-order valence-corrected chi connectivity index (χ4v) is 2.29. The second-order valence-corrected chi connectivity index (χ2v) is 6.72. The minimum atomic E-state index is -0.907. The van der Waals surface area contributed by atoms with Gasteiger partial charge in [-0.2, -0.15) is 0 Å². The van der Waals surface area contributed by atoms with Crippen LogP contribution in [0.25, 0.3) is 0 Å². The quantitative estimate of drug-likeness (QED) is 0.770. The molecule has 0 amide bonds. The van der Waals surface area contributed by atoms with Gasteiger partial charge in [-0.05, 0) is 52.2 Å². The molecule has 0 radical (unpaired) electrons. The van der Waals surface area contributed by atoms with E-state index in [1.54, 1.807) is 12.1 Å². The molecule has 0 saturated carbocycles. The first-order valence-corrected chi connectivity index (χ1v) is 8.13. The SMILES string of the molecule is CCOc1ccc(B2OC(C)(C)C(C)(C)O2)cc1OCCC(=O)O. The first-order chi connectivity index (χ1) is 11.2. The molecule has 1 aliphatic rings. The van der Waals surface area contributed by atoms with E-state index in [1.807, 2.05) is 40.7 Å². The molecular weight excluding hydrogens is 311 g/mol. The molecule has 0 bridgehead atoms. The number of hydrogen-bond acceptors (Lipinski definition) is 5. The summed E-state index contributed by atoms with van der Waals surface area (Å²) in [4.78, 5) is 10.7. The predicted octanol–water partition coefficient (Wildman–Crippen LogP) is 2.24. The van der Waals surface area contributed by atoms with Gasteiger partial charge >= 0.3 is 13.1 Å². The Balaban J connectivity index is 2.21. The number of ether oxygens (including phenoxy) is 2. The van der Waals surface area contributed by atoms with Crippen LogP contribution in [0.2, 0.25) is 0 Å². The molecule has 0 unspecified atom stereocenters. The first-order valence-electron chi connectivity index (χ1n) is 8.13. The van der Waals surface area contributed by atoms with Crippen molar-refractivity contribution in [3.8, 4) is 11.5 Å². The average molecular weight is 336 g/mol. The zero-order valence-corrected chi connectivity index (χ0v) is 14.9. The van der Waals surface area contributed by atoms with Gasteiger partial charge in [-0.15, -0.1) is 0 Å². The van der Waals surface area contributed by atoms with Crippen LogP contribution >= 0.6 is 0 Å². The van der Waals surface area contributed by atoms with Crippen molar-refractivity contribution in [2.75, 3.05) is 13.2 Å². The Kier molecular flexibility index (Phi) is 5.45. The van der Waals surface area contributed by atoms with Crippen molar-refractivity contribution < 1.29 is 28.7 Å². The molecule has 0 aromatic heterocycles. The maximum atomic E-state index is 10.7. The summed E-state index contributed by atoms with van der Waals surface area (Å²) in [5.74, 6) is 0.156. The molecule has 1 aromatic rings. The van der Waals surface area contributed by atoms with Crippen molar-refractivity contribution in [1.29, 1.82) is 0 Å². The molecular formula is C17H25BO6. The van der Waals surface area contributed by atoms with Crippen LogP contribution in [0.5, 0.6) is 11.5 Å². The normalized spacial score (nSPS) is 18.5. The molecule has 7 heteroatoms. The van der Waals surface area contributed by atoms with E-state index in [0.29, 0.717) is 18.1 Å². The Hall–Kier alpha value is -1.73. The van der Waals surface area contributed by atoms with E-state index in [4.69, 9.17) is 23.9 Å². The maximum absolute atomic E-state index is 10.7. The summed E-state index contributed by atoms with van der Waals surface area (Å²) >= 11 is 0. The fourth-order valence-electron chi connectivity index (χ4n) is 2.29. The molecule has 0 spiro atoms. The summed E-state index contributed by atoms with van der Waals surface area (Å²) in [5.41, 5.74) is -0.0521. The lowest BCUT2D eigenvalue weighted by Gasteiger charge is -2.32. The number of carboxylic acids is 1. The highest BCUT2D eigenvalue weighted by Gasteiger charge is 2.51. The van der Waals surface area contributed by atoms with Crippen LogP contribution in [0.3, 0.4) is 0 Å². The molecule has 1 N–H and O–H groups in total. The van der Waals surface area contributed by atoms with Crippen molar-refractivity contribution in [2.45, 2.75) is 52.2 Å². The smallest absolute Gasteiger partial charge is 0.490 e. The minimum Gasteiger partial charge on any atom is -0.490 e. The molecule has 24 heavy (non-hydrogen) atoms. The summed E-state index contributed by atoms with van der Waals surface area (Å²) in [7, 11) is -0.507. The number of hydrogen-bond donors (Lipinski definition) is 1. The van der Waals surface area contributed by atoms with Crippen molar-refractivity contribution in [3.05, 3.63) is 18.2 Å². The first kappa shape index (κ1) is 18.6. The third kappa shape index (κ3) is 4.02. The van der Waals surface area contributed by atoms with E-state index >= 15 is 0 Å². The highest BCUT2D eigenvalue weighted by molar-refractivity contribution is 6.62. The van der Waals surface area contributed by atoms with Crippen LogP contribution in [0, 0.1) is 0 Å². The molecule has 1 heterocycles. The van der Waals surface area contributed by atoms with Gasteiger partial charge in [0, 0.05) is 0 Å². The Labute approximate surface area is 143 Å². The molecule has 132 valence electrons. The maximum Gasteiger partial charge on any atom is 0.494 e. The fraction of sp³-hybridized carbons (Fsp3) is 0.588. The monoisotopic (exact) mass is 336 g/mol. The largest absolute Gasteiger partial charge is 0.494 e. The third-order valence-corrected chi connectivity index (χ3v) is 4.37. The lowest BCUT2D eigenvalue weighted by atomic mass is 9.79. The third-order valence-electron chi connectivity index (χ3n) is 4.37. The molecule has 1 aromatic carbocycles. The molecule has 2 rings (SSSR count). The van der Waals surface area contributed by atoms with Gasteiger partial charge < -0.3 is 23.9 Å². The number of rotatable bonds is 7. The Morgan fingerprint density at radius 1 is 1.12 bits per heavy atom. The van der Waals surface area contributed by atoms with Gasteiger partial charge in [0.15, 0.2) is 11.5 Å². The molecule has 1 aliphatic heterocycles. The van der Waals surface area contributed by atoms with Gasteiger partial charge in [0.05, 0.1) is 30.8 Å². The van der Waals surface area contributed by atoms with E-state index in [0.717, 1.165) is 5.46 Å². The lowest BCUT2D eigenvalue weighted by Crippen LogP contribution is -2.41. The van der Waals surface area contributed by atoms with Crippen molar-refractivity contribution in [1.82, 2.24) is 0 Å². The number of benzene rings is 1. The molecule has 1 fully saturated rings. The van der Waals surface area contributed by atoms with Crippen LogP contribution in [0.1, 0.15) is 41.0 Å². The Morgan fingerprint density at radius 3 is 2.29 bits per heavy atom. The second kappa shape index (κ2) is 7.03.